The first-order chi connectivity index (χ1) is 9.72. The number of allylic oxidation sites excluding steroid dienone is 2. The molecule has 4 nitrogen and oxygen atoms in total. The highest BCUT2D eigenvalue weighted by Gasteiger charge is 2.01. The van der Waals surface area contributed by atoms with E-state index in [4.69, 9.17) is 5.21 Å². The second-order valence-electron chi connectivity index (χ2n) is 4.50. The zero-order valence-corrected chi connectivity index (χ0v) is 11.4. The Hall–Kier alpha value is -1.91. The van der Waals surface area contributed by atoms with Crippen molar-refractivity contribution in [3.05, 3.63) is 54.1 Å². The SMILES string of the molecule is O=C(CCCCC(O)C=CC=Cc1ccccc1)NO. The second-order valence-corrected chi connectivity index (χ2v) is 4.50. The predicted octanol–water partition coefficient (Wildman–Crippen LogP) is 2.68. The molecule has 1 amide bonds. The highest BCUT2D eigenvalue weighted by molar-refractivity contribution is 5.74. The molecule has 0 aliphatic heterocycles. The van der Waals surface area contributed by atoms with Crippen molar-refractivity contribution in [2.24, 2.45) is 0 Å². The molecule has 0 heterocycles. The predicted molar refractivity (Wildman–Crippen MR) is 79.0 cm³/mol. The van der Waals surface area contributed by atoms with Crippen molar-refractivity contribution in [2.75, 3.05) is 0 Å². The number of benzene rings is 1. The van der Waals surface area contributed by atoms with Gasteiger partial charge < -0.3 is 5.11 Å². The molecule has 0 aliphatic carbocycles. The summed E-state index contributed by atoms with van der Waals surface area (Å²) in [6.45, 7) is 0. The molecule has 0 spiro atoms. The highest BCUT2D eigenvalue weighted by Crippen LogP contribution is 2.05. The Balaban J connectivity index is 2.18. The number of aliphatic hydroxyl groups is 1. The third kappa shape index (κ3) is 7.51. The van der Waals surface area contributed by atoms with Gasteiger partial charge in [0.1, 0.15) is 0 Å². The average Bonchev–Trinajstić information content (AvgIpc) is 2.49. The molecule has 1 aromatic rings. The second kappa shape index (κ2) is 9.95. The normalized spacial score (nSPS) is 12.9. The van der Waals surface area contributed by atoms with E-state index in [1.165, 1.54) is 0 Å². The Bertz CT molecular complexity index is 440. The van der Waals surface area contributed by atoms with Crippen LogP contribution in [0, 0.1) is 0 Å². The molecule has 108 valence electrons. The monoisotopic (exact) mass is 275 g/mol. The van der Waals surface area contributed by atoms with Gasteiger partial charge >= 0.3 is 0 Å². The number of carbonyl (C=O) groups is 1. The summed E-state index contributed by atoms with van der Waals surface area (Å²) in [6, 6.07) is 9.93. The van der Waals surface area contributed by atoms with Crippen LogP contribution in [0.2, 0.25) is 0 Å². The molecule has 1 aromatic carbocycles. The van der Waals surface area contributed by atoms with E-state index in [2.05, 4.69) is 0 Å². The Morgan fingerprint density at radius 3 is 2.65 bits per heavy atom. The van der Waals surface area contributed by atoms with Crippen molar-refractivity contribution in [2.45, 2.75) is 31.8 Å². The van der Waals surface area contributed by atoms with Crippen molar-refractivity contribution in [3.63, 3.8) is 0 Å². The van der Waals surface area contributed by atoms with Crippen molar-refractivity contribution < 1.29 is 15.1 Å². The van der Waals surface area contributed by atoms with Crippen LogP contribution in [0.5, 0.6) is 0 Å². The van der Waals surface area contributed by atoms with E-state index < -0.39 is 6.10 Å². The molecule has 0 aromatic heterocycles. The van der Waals surface area contributed by atoms with Crippen LogP contribution in [0.15, 0.2) is 48.6 Å². The molecule has 1 atom stereocenters. The standard InChI is InChI=1S/C16H21NO3/c18-15(12-6-7-13-16(19)17-20)11-5-4-10-14-8-2-1-3-9-14/h1-5,8-11,15,18,20H,6-7,12-13H2,(H,17,19). The quantitative estimate of drug-likeness (QED) is 0.296. The first-order valence-electron chi connectivity index (χ1n) is 6.73. The van der Waals surface area contributed by atoms with Crippen LogP contribution in [-0.2, 0) is 4.79 Å². The minimum absolute atomic E-state index is 0.279. The van der Waals surface area contributed by atoms with Crippen molar-refractivity contribution in [3.8, 4) is 0 Å². The number of rotatable bonds is 8. The zero-order valence-electron chi connectivity index (χ0n) is 11.4. The molecule has 0 saturated heterocycles. The topological polar surface area (TPSA) is 69.6 Å². The molecule has 1 unspecified atom stereocenters. The molecule has 1 rings (SSSR count). The molecule has 0 aliphatic rings. The minimum atomic E-state index is -0.507. The average molecular weight is 275 g/mol. The van der Waals surface area contributed by atoms with Gasteiger partial charge in [-0.15, -0.1) is 0 Å². The lowest BCUT2D eigenvalue weighted by atomic mass is 10.1. The number of aliphatic hydroxyl groups excluding tert-OH is 1. The highest BCUT2D eigenvalue weighted by atomic mass is 16.5. The summed E-state index contributed by atoms with van der Waals surface area (Å²) < 4.78 is 0. The van der Waals surface area contributed by atoms with Gasteiger partial charge in [0.05, 0.1) is 6.10 Å². The van der Waals surface area contributed by atoms with Gasteiger partial charge in [-0.1, -0.05) is 61.1 Å². The summed E-state index contributed by atoms with van der Waals surface area (Å²) >= 11 is 0. The smallest absolute Gasteiger partial charge is 0.243 e. The summed E-state index contributed by atoms with van der Waals surface area (Å²) in [6.07, 6.45) is 9.16. The largest absolute Gasteiger partial charge is 0.389 e. The molecule has 3 N–H and O–H groups in total. The maximum atomic E-state index is 10.8. The van der Waals surface area contributed by atoms with Gasteiger partial charge in [0.15, 0.2) is 0 Å². The van der Waals surface area contributed by atoms with Crippen LogP contribution in [0.1, 0.15) is 31.2 Å². The Kier molecular flexibility index (Phi) is 8.03. The van der Waals surface area contributed by atoms with Gasteiger partial charge in [0.25, 0.3) is 0 Å². The molecular formula is C16H21NO3. The summed E-state index contributed by atoms with van der Waals surface area (Å²) in [5.74, 6) is -0.388. The Morgan fingerprint density at radius 1 is 1.20 bits per heavy atom. The number of hydroxylamine groups is 1. The maximum absolute atomic E-state index is 10.8. The summed E-state index contributed by atoms with van der Waals surface area (Å²) in [5, 5.41) is 18.0. The fourth-order valence-electron chi connectivity index (χ4n) is 1.71. The fraction of sp³-hybridized carbons (Fsp3) is 0.312. The summed E-state index contributed by atoms with van der Waals surface area (Å²) in [7, 11) is 0. The number of unbranched alkanes of at least 4 members (excludes halogenated alkanes) is 1. The molecule has 0 fully saturated rings. The number of nitrogens with one attached hydrogen (secondary N) is 1. The number of carbonyl (C=O) groups excluding carboxylic acids is 1. The van der Waals surface area contributed by atoms with Gasteiger partial charge in [-0.2, -0.15) is 0 Å². The van der Waals surface area contributed by atoms with Crippen molar-refractivity contribution in [1.82, 2.24) is 5.48 Å². The lowest BCUT2D eigenvalue weighted by Gasteiger charge is -2.04. The van der Waals surface area contributed by atoms with Gasteiger partial charge in [-0.05, 0) is 18.4 Å². The van der Waals surface area contributed by atoms with Crippen molar-refractivity contribution in [1.29, 1.82) is 0 Å². The third-order valence-corrected chi connectivity index (χ3v) is 2.81. The maximum Gasteiger partial charge on any atom is 0.243 e. The first kappa shape index (κ1) is 16.1. The number of hydrogen-bond acceptors (Lipinski definition) is 3. The molecule has 4 heteroatoms. The molecule has 0 bridgehead atoms. The van der Waals surface area contributed by atoms with E-state index in [-0.39, 0.29) is 12.3 Å². The molecule has 0 saturated carbocycles. The van der Waals surface area contributed by atoms with E-state index in [1.807, 2.05) is 48.6 Å². The molecule has 20 heavy (non-hydrogen) atoms. The van der Waals surface area contributed by atoms with Gasteiger partial charge in [0, 0.05) is 6.42 Å². The zero-order chi connectivity index (χ0) is 14.6. The Labute approximate surface area is 119 Å². The van der Waals surface area contributed by atoms with Crippen molar-refractivity contribution >= 4 is 12.0 Å². The summed E-state index contributed by atoms with van der Waals surface area (Å²) in [5.41, 5.74) is 2.70. The fourth-order valence-corrected chi connectivity index (χ4v) is 1.71. The van der Waals surface area contributed by atoms with Crippen LogP contribution in [0.3, 0.4) is 0 Å². The number of amides is 1. The first-order valence-corrected chi connectivity index (χ1v) is 6.73. The van der Waals surface area contributed by atoms with Crippen LogP contribution in [0.25, 0.3) is 6.08 Å². The van der Waals surface area contributed by atoms with E-state index in [9.17, 15) is 9.90 Å². The van der Waals surface area contributed by atoms with E-state index in [1.54, 1.807) is 11.6 Å². The number of hydrogen-bond donors (Lipinski definition) is 3. The van der Waals surface area contributed by atoms with Gasteiger partial charge in [-0.25, -0.2) is 5.48 Å². The van der Waals surface area contributed by atoms with Crippen LogP contribution in [0.4, 0.5) is 0 Å². The van der Waals surface area contributed by atoms with E-state index in [0.29, 0.717) is 12.8 Å². The lowest BCUT2D eigenvalue weighted by Crippen LogP contribution is -2.17. The minimum Gasteiger partial charge on any atom is -0.389 e. The van der Waals surface area contributed by atoms with Gasteiger partial charge in [-0.3, -0.25) is 10.0 Å². The van der Waals surface area contributed by atoms with E-state index >= 15 is 0 Å². The third-order valence-electron chi connectivity index (χ3n) is 2.81. The van der Waals surface area contributed by atoms with Crippen LogP contribution in [-0.4, -0.2) is 22.3 Å². The van der Waals surface area contributed by atoms with Crippen LogP contribution < -0.4 is 5.48 Å². The van der Waals surface area contributed by atoms with Gasteiger partial charge in [0.2, 0.25) is 5.91 Å². The summed E-state index contributed by atoms with van der Waals surface area (Å²) in [4.78, 5) is 10.8. The van der Waals surface area contributed by atoms with Crippen LogP contribution >= 0.6 is 0 Å². The molecule has 0 radical (unpaired) electrons. The molecular weight excluding hydrogens is 254 g/mol. The Morgan fingerprint density at radius 2 is 1.95 bits per heavy atom. The lowest BCUT2D eigenvalue weighted by molar-refractivity contribution is -0.129. The van der Waals surface area contributed by atoms with E-state index in [0.717, 1.165) is 12.0 Å².